The van der Waals surface area contributed by atoms with Crippen LogP contribution in [0, 0.1) is 17.1 Å². The van der Waals surface area contributed by atoms with E-state index in [9.17, 15) is 14.4 Å². The lowest BCUT2D eigenvalue weighted by Gasteiger charge is -2.13. The van der Waals surface area contributed by atoms with Crippen LogP contribution < -0.4 is 15.0 Å². The molecule has 6 nitrogen and oxygen atoms in total. The summed E-state index contributed by atoms with van der Waals surface area (Å²) in [4.78, 5) is 19.1. The molecular formula is C20H16FN3O3S. The number of nitrogens with one attached hydrogen (secondary N) is 1. The topological polar surface area (TPSA) is 88.0 Å². The zero-order chi connectivity index (χ0) is 20.1. The molecule has 0 saturated carbocycles. The Morgan fingerprint density at radius 1 is 1.25 bits per heavy atom. The first-order chi connectivity index (χ1) is 13.6. The van der Waals surface area contributed by atoms with Gasteiger partial charge in [0.1, 0.15) is 24.1 Å². The molecule has 0 fully saturated rings. The lowest BCUT2D eigenvalue weighted by Crippen LogP contribution is -2.14. The molecule has 1 N–H and O–H groups in total. The number of thioether (sulfide) groups is 1. The Bertz CT molecular complexity index is 1110. The van der Waals surface area contributed by atoms with Crippen molar-refractivity contribution in [2.24, 2.45) is 0 Å². The summed E-state index contributed by atoms with van der Waals surface area (Å²) in [5.74, 6) is 0.415. The summed E-state index contributed by atoms with van der Waals surface area (Å²) in [5.41, 5.74) is 0.549. The van der Waals surface area contributed by atoms with E-state index in [1.807, 2.05) is 6.07 Å². The second-order valence-corrected chi connectivity index (χ2v) is 6.45. The lowest BCUT2D eigenvalue weighted by molar-refractivity contribution is 0.280. The average Bonchev–Trinajstić information content (AvgIpc) is 2.72. The van der Waals surface area contributed by atoms with Gasteiger partial charge in [-0.25, -0.2) is 9.37 Å². The van der Waals surface area contributed by atoms with Gasteiger partial charge in [-0.2, -0.15) is 5.26 Å². The van der Waals surface area contributed by atoms with E-state index in [1.54, 1.807) is 42.7 Å². The van der Waals surface area contributed by atoms with Gasteiger partial charge < -0.3 is 14.5 Å². The summed E-state index contributed by atoms with van der Waals surface area (Å²) < 4.78 is 24.9. The van der Waals surface area contributed by atoms with E-state index in [0.29, 0.717) is 27.8 Å². The van der Waals surface area contributed by atoms with E-state index < -0.39 is 5.56 Å². The molecule has 0 aliphatic carbocycles. The molecule has 142 valence electrons. The number of rotatable bonds is 6. The van der Waals surface area contributed by atoms with Crippen LogP contribution >= 0.6 is 11.8 Å². The van der Waals surface area contributed by atoms with E-state index in [-0.39, 0.29) is 23.7 Å². The molecule has 0 unspecified atom stereocenters. The first-order valence-electron chi connectivity index (χ1n) is 8.20. The van der Waals surface area contributed by atoms with Crippen molar-refractivity contribution in [1.29, 1.82) is 5.26 Å². The van der Waals surface area contributed by atoms with Crippen LogP contribution in [0.5, 0.6) is 11.5 Å². The molecule has 0 spiro atoms. The summed E-state index contributed by atoms with van der Waals surface area (Å²) >= 11 is 1.26. The Labute approximate surface area is 165 Å². The van der Waals surface area contributed by atoms with Gasteiger partial charge in [-0.1, -0.05) is 30.0 Å². The third kappa shape index (κ3) is 4.00. The fourth-order valence-electron chi connectivity index (χ4n) is 2.57. The minimum Gasteiger partial charge on any atom is -0.493 e. The van der Waals surface area contributed by atoms with Gasteiger partial charge in [-0.3, -0.25) is 4.79 Å². The molecule has 0 radical (unpaired) electrons. The second-order valence-electron chi connectivity index (χ2n) is 5.66. The Balaban J connectivity index is 2.02. The lowest BCUT2D eigenvalue weighted by atomic mass is 10.1. The van der Waals surface area contributed by atoms with Crippen LogP contribution in [0.3, 0.4) is 0 Å². The van der Waals surface area contributed by atoms with Crippen LogP contribution in [-0.4, -0.2) is 23.3 Å². The van der Waals surface area contributed by atoms with Crippen molar-refractivity contribution in [2.75, 3.05) is 13.4 Å². The molecule has 0 bridgehead atoms. The first-order valence-corrected chi connectivity index (χ1v) is 9.43. The highest BCUT2D eigenvalue weighted by Crippen LogP contribution is 2.33. The highest BCUT2D eigenvalue weighted by Gasteiger charge is 2.16. The molecule has 2 aromatic carbocycles. The molecule has 28 heavy (non-hydrogen) atoms. The van der Waals surface area contributed by atoms with E-state index >= 15 is 0 Å². The molecule has 0 saturated heterocycles. The molecule has 3 aromatic rings. The predicted octanol–water partition coefficient (Wildman–Crippen LogP) is 3.76. The minimum atomic E-state index is -0.513. The number of ether oxygens (including phenoxy) is 2. The fraction of sp³-hybridized carbons (Fsp3) is 0.150. The van der Waals surface area contributed by atoms with Crippen molar-refractivity contribution >= 4 is 11.8 Å². The van der Waals surface area contributed by atoms with Crippen molar-refractivity contribution in [3.63, 3.8) is 0 Å². The highest BCUT2D eigenvalue weighted by molar-refractivity contribution is 7.98. The summed E-state index contributed by atoms with van der Waals surface area (Å²) in [6, 6.07) is 13.1. The van der Waals surface area contributed by atoms with Crippen LogP contribution in [0.1, 0.15) is 11.1 Å². The number of benzene rings is 2. The van der Waals surface area contributed by atoms with Crippen molar-refractivity contribution < 1.29 is 13.9 Å². The maximum absolute atomic E-state index is 13.8. The van der Waals surface area contributed by atoms with E-state index in [1.165, 1.54) is 24.9 Å². The number of aromatic nitrogens is 2. The van der Waals surface area contributed by atoms with Gasteiger partial charge in [0.2, 0.25) is 0 Å². The number of nitriles is 1. The van der Waals surface area contributed by atoms with Gasteiger partial charge in [0, 0.05) is 11.1 Å². The van der Waals surface area contributed by atoms with Gasteiger partial charge in [0.25, 0.3) is 5.56 Å². The Morgan fingerprint density at radius 2 is 2.04 bits per heavy atom. The standard InChI is InChI=1S/C20H16FN3O3S/c1-26-16-8-7-12(18-14(10-22)19(25)24-20(23-18)28-2)9-17(16)27-11-13-5-3-4-6-15(13)21/h3-9H,11H2,1-2H3,(H,23,24,25). The van der Waals surface area contributed by atoms with Crippen molar-refractivity contribution in [3.05, 3.63) is 69.8 Å². The quantitative estimate of drug-likeness (QED) is 0.503. The molecule has 0 aliphatic rings. The fourth-order valence-corrected chi connectivity index (χ4v) is 2.95. The molecule has 0 aliphatic heterocycles. The summed E-state index contributed by atoms with van der Waals surface area (Å²) in [6.07, 6.45) is 1.77. The summed E-state index contributed by atoms with van der Waals surface area (Å²) in [7, 11) is 1.49. The third-order valence-corrected chi connectivity index (χ3v) is 4.56. The second kappa shape index (κ2) is 8.59. The van der Waals surface area contributed by atoms with Crippen LogP contribution in [-0.2, 0) is 6.61 Å². The number of nitrogens with zero attached hydrogens (tertiary/aromatic N) is 2. The minimum absolute atomic E-state index is 0.00351. The smallest absolute Gasteiger partial charge is 0.270 e. The highest BCUT2D eigenvalue weighted by atomic mass is 32.2. The van der Waals surface area contributed by atoms with Crippen LogP contribution in [0.25, 0.3) is 11.3 Å². The van der Waals surface area contributed by atoms with Crippen LogP contribution in [0.2, 0.25) is 0 Å². The van der Waals surface area contributed by atoms with Crippen molar-refractivity contribution in [1.82, 2.24) is 9.97 Å². The van der Waals surface area contributed by atoms with E-state index in [2.05, 4.69) is 9.97 Å². The van der Waals surface area contributed by atoms with Crippen LogP contribution in [0.4, 0.5) is 4.39 Å². The Morgan fingerprint density at radius 3 is 2.71 bits per heavy atom. The first kappa shape index (κ1) is 19.5. The number of hydrogen-bond donors (Lipinski definition) is 1. The molecular weight excluding hydrogens is 381 g/mol. The monoisotopic (exact) mass is 397 g/mol. The third-order valence-electron chi connectivity index (χ3n) is 3.98. The number of hydrogen-bond acceptors (Lipinski definition) is 6. The van der Waals surface area contributed by atoms with Gasteiger partial charge in [-0.05, 0) is 30.5 Å². The predicted molar refractivity (Wildman–Crippen MR) is 104 cm³/mol. The molecule has 3 rings (SSSR count). The van der Waals surface area contributed by atoms with Crippen molar-refractivity contribution in [2.45, 2.75) is 11.8 Å². The molecule has 1 heterocycles. The zero-order valence-electron chi connectivity index (χ0n) is 15.2. The largest absolute Gasteiger partial charge is 0.493 e. The molecule has 0 atom stereocenters. The molecule has 8 heteroatoms. The van der Waals surface area contributed by atoms with E-state index in [4.69, 9.17) is 9.47 Å². The Kier molecular flexibility index (Phi) is 5.96. The number of aromatic amines is 1. The van der Waals surface area contributed by atoms with Gasteiger partial charge in [0.05, 0.1) is 12.8 Å². The normalized spacial score (nSPS) is 10.4. The maximum atomic E-state index is 13.8. The number of methoxy groups -OCH3 is 1. The number of H-pyrrole nitrogens is 1. The summed E-state index contributed by atoms with van der Waals surface area (Å²) in [5, 5.41) is 9.75. The SMILES string of the molecule is COc1ccc(-c2nc(SC)[nH]c(=O)c2C#N)cc1OCc1ccccc1F. The average molecular weight is 397 g/mol. The van der Waals surface area contributed by atoms with Gasteiger partial charge in [0.15, 0.2) is 16.7 Å². The number of halogens is 1. The molecule has 1 aromatic heterocycles. The summed E-state index contributed by atoms with van der Waals surface area (Å²) in [6.45, 7) is -0.00351. The molecule has 0 amide bonds. The van der Waals surface area contributed by atoms with Crippen LogP contribution in [0.15, 0.2) is 52.4 Å². The maximum Gasteiger partial charge on any atom is 0.270 e. The van der Waals surface area contributed by atoms with Gasteiger partial charge >= 0.3 is 0 Å². The van der Waals surface area contributed by atoms with E-state index in [0.717, 1.165) is 0 Å². The van der Waals surface area contributed by atoms with Gasteiger partial charge in [-0.15, -0.1) is 0 Å². The Hall–Kier alpha value is -3.31. The zero-order valence-corrected chi connectivity index (χ0v) is 16.0. The van der Waals surface area contributed by atoms with Crippen molar-refractivity contribution in [3.8, 4) is 28.8 Å².